The molecule has 4 nitrogen and oxygen atoms in total. The molecule has 6 heteroatoms. The van der Waals surface area contributed by atoms with Crippen LogP contribution >= 0.6 is 0 Å². The van der Waals surface area contributed by atoms with Crippen LogP contribution in [-0.4, -0.2) is 42.0 Å². The van der Waals surface area contributed by atoms with Gasteiger partial charge in [-0.3, -0.25) is 4.90 Å². The van der Waals surface area contributed by atoms with Crippen molar-refractivity contribution in [2.24, 2.45) is 0 Å². The number of urea groups is 1. The van der Waals surface area contributed by atoms with E-state index in [0.29, 0.717) is 26.2 Å². The zero-order chi connectivity index (χ0) is 21.8. The maximum absolute atomic E-state index is 13.9. The van der Waals surface area contributed by atoms with Gasteiger partial charge in [-0.15, -0.1) is 0 Å². The van der Waals surface area contributed by atoms with Crippen molar-refractivity contribution in [2.75, 3.05) is 31.5 Å². The average molecular weight is 421 g/mol. The molecular weight excluding hydrogens is 396 g/mol. The quantitative estimate of drug-likeness (QED) is 0.628. The summed E-state index contributed by atoms with van der Waals surface area (Å²) in [5, 5.41) is 2.55. The maximum Gasteiger partial charge on any atom is 0.322 e. The number of hydrogen-bond donors (Lipinski definition) is 1. The number of benzene rings is 3. The van der Waals surface area contributed by atoms with E-state index in [1.54, 1.807) is 4.90 Å². The fraction of sp³-hybridized carbons (Fsp3) is 0.240. The van der Waals surface area contributed by atoms with Crippen molar-refractivity contribution in [3.8, 4) is 0 Å². The van der Waals surface area contributed by atoms with Gasteiger partial charge in [0, 0.05) is 32.2 Å². The third-order valence-corrected chi connectivity index (χ3v) is 5.65. The number of piperazine rings is 1. The highest BCUT2D eigenvalue weighted by atomic mass is 19.1. The maximum atomic E-state index is 13.9. The third kappa shape index (κ3) is 4.91. The Kier molecular flexibility index (Phi) is 6.28. The normalized spacial score (nSPS) is 15.5. The molecule has 0 bridgehead atoms. The second kappa shape index (κ2) is 9.27. The molecule has 31 heavy (non-hydrogen) atoms. The van der Waals surface area contributed by atoms with Crippen LogP contribution < -0.4 is 5.32 Å². The molecule has 160 valence electrons. The van der Waals surface area contributed by atoms with Crippen LogP contribution in [0.5, 0.6) is 0 Å². The summed E-state index contributed by atoms with van der Waals surface area (Å²) < 4.78 is 27.0. The van der Waals surface area contributed by atoms with Crippen LogP contribution in [0.25, 0.3) is 0 Å². The van der Waals surface area contributed by atoms with Crippen LogP contribution in [0.1, 0.15) is 22.7 Å². The number of hydrogen-bond acceptors (Lipinski definition) is 2. The summed E-state index contributed by atoms with van der Waals surface area (Å²) in [6.07, 6.45) is 0. The third-order valence-electron chi connectivity index (χ3n) is 5.65. The van der Waals surface area contributed by atoms with E-state index < -0.39 is 11.6 Å². The standard InChI is InChI=1S/C25H25F2N3O/c1-18-7-9-20(10-8-18)24(19-5-3-2-4-6-19)29-13-15-30(16-14-29)25(31)28-23-12-11-21(26)17-22(23)27/h2-12,17,24H,13-16H2,1H3,(H,28,31). The van der Waals surface area contributed by atoms with E-state index in [1.807, 2.05) is 18.2 Å². The molecule has 1 atom stereocenters. The summed E-state index contributed by atoms with van der Waals surface area (Å²) in [6, 6.07) is 21.7. The van der Waals surface area contributed by atoms with Gasteiger partial charge in [-0.05, 0) is 30.2 Å². The number of carbonyl (C=O) groups is 1. The summed E-state index contributed by atoms with van der Waals surface area (Å²) in [7, 11) is 0. The molecule has 1 unspecified atom stereocenters. The second-order valence-corrected chi connectivity index (χ2v) is 7.80. The molecule has 0 spiro atoms. The van der Waals surface area contributed by atoms with E-state index >= 15 is 0 Å². The van der Waals surface area contributed by atoms with Crippen LogP contribution in [0.4, 0.5) is 19.3 Å². The van der Waals surface area contributed by atoms with Crippen molar-refractivity contribution in [3.05, 3.63) is 101 Å². The Labute approximate surface area is 181 Å². The summed E-state index contributed by atoms with van der Waals surface area (Å²) in [5.41, 5.74) is 3.61. The van der Waals surface area contributed by atoms with Gasteiger partial charge in [0.25, 0.3) is 0 Å². The van der Waals surface area contributed by atoms with Gasteiger partial charge < -0.3 is 10.2 Å². The largest absolute Gasteiger partial charge is 0.322 e. The molecule has 2 amide bonds. The fourth-order valence-corrected chi connectivity index (χ4v) is 3.97. The molecule has 1 aliphatic heterocycles. The van der Waals surface area contributed by atoms with Crippen molar-refractivity contribution in [1.82, 2.24) is 9.80 Å². The van der Waals surface area contributed by atoms with Gasteiger partial charge in [0.1, 0.15) is 11.6 Å². The summed E-state index contributed by atoms with van der Waals surface area (Å²) in [4.78, 5) is 16.6. The van der Waals surface area contributed by atoms with E-state index in [0.717, 1.165) is 12.1 Å². The van der Waals surface area contributed by atoms with Gasteiger partial charge in [0.2, 0.25) is 0 Å². The first-order valence-corrected chi connectivity index (χ1v) is 10.4. The minimum Gasteiger partial charge on any atom is -0.322 e. The number of nitrogens with one attached hydrogen (secondary N) is 1. The molecule has 0 radical (unpaired) electrons. The number of rotatable bonds is 4. The highest BCUT2D eigenvalue weighted by Crippen LogP contribution is 2.30. The highest BCUT2D eigenvalue weighted by molar-refractivity contribution is 5.89. The lowest BCUT2D eigenvalue weighted by molar-refractivity contribution is 0.126. The first-order chi connectivity index (χ1) is 15.0. The molecule has 3 aromatic rings. The number of halogens is 2. The van der Waals surface area contributed by atoms with E-state index in [4.69, 9.17) is 0 Å². The Morgan fingerprint density at radius 3 is 2.16 bits per heavy atom. The minimum atomic E-state index is -0.782. The lowest BCUT2D eigenvalue weighted by Crippen LogP contribution is -2.51. The van der Waals surface area contributed by atoms with E-state index in [2.05, 4.69) is 53.5 Å². The molecule has 0 saturated carbocycles. The molecule has 3 aromatic carbocycles. The Morgan fingerprint density at radius 2 is 1.52 bits per heavy atom. The first-order valence-electron chi connectivity index (χ1n) is 10.4. The number of anilines is 1. The van der Waals surface area contributed by atoms with Gasteiger partial charge in [-0.2, -0.15) is 0 Å². The van der Waals surface area contributed by atoms with Crippen LogP contribution in [0.3, 0.4) is 0 Å². The monoisotopic (exact) mass is 421 g/mol. The van der Waals surface area contributed by atoms with Gasteiger partial charge in [-0.1, -0.05) is 60.2 Å². The topological polar surface area (TPSA) is 35.6 Å². The Hall–Kier alpha value is -3.25. The van der Waals surface area contributed by atoms with Crippen molar-refractivity contribution < 1.29 is 13.6 Å². The van der Waals surface area contributed by atoms with Crippen molar-refractivity contribution in [1.29, 1.82) is 0 Å². The van der Waals surface area contributed by atoms with E-state index in [1.165, 1.54) is 22.8 Å². The van der Waals surface area contributed by atoms with Crippen LogP contribution in [0, 0.1) is 18.6 Å². The lowest BCUT2D eigenvalue weighted by Gasteiger charge is -2.39. The number of carbonyl (C=O) groups excluding carboxylic acids is 1. The molecule has 1 saturated heterocycles. The van der Waals surface area contributed by atoms with Gasteiger partial charge in [-0.25, -0.2) is 13.6 Å². The van der Waals surface area contributed by atoms with Crippen molar-refractivity contribution in [2.45, 2.75) is 13.0 Å². The zero-order valence-electron chi connectivity index (χ0n) is 17.4. The number of nitrogens with zero attached hydrogens (tertiary/aromatic N) is 2. The Morgan fingerprint density at radius 1 is 0.871 bits per heavy atom. The highest BCUT2D eigenvalue weighted by Gasteiger charge is 2.28. The lowest BCUT2D eigenvalue weighted by atomic mass is 9.95. The molecule has 1 heterocycles. The van der Waals surface area contributed by atoms with Crippen molar-refractivity contribution >= 4 is 11.7 Å². The predicted octanol–water partition coefficient (Wildman–Crippen LogP) is 5.21. The summed E-state index contributed by atoms with van der Waals surface area (Å²) >= 11 is 0. The number of aryl methyl sites for hydroxylation is 1. The fourth-order valence-electron chi connectivity index (χ4n) is 3.97. The summed E-state index contributed by atoms with van der Waals surface area (Å²) in [6.45, 7) is 4.48. The molecule has 0 aromatic heterocycles. The zero-order valence-corrected chi connectivity index (χ0v) is 17.4. The predicted molar refractivity (Wildman–Crippen MR) is 118 cm³/mol. The van der Waals surface area contributed by atoms with Gasteiger partial charge >= 0.3 is 6.03 Å². The van der Waals surface area contributed by atoms with E-state index in [9.17, 15) is 13.6 Å². The average Bonchev–Trinajstić information content (AvgIpc) is 2.78. The molecule has 1 N–H and O–H groups in total. The summed E-state index contributed by atoms with van der Waals surface area (Å²) in [5.74, 6) is -1.46. The molecule has 0 aliphatic carbocycles. The molecular formula is C25H25F2N3O. The smallest absolute Gasteiger partial charge is 0.322 e. The molecule has 1 aliphatic rings. The molecule has 1 fully saturated rings. The number of amides is 2. The Balaban J connectivity index is 1.46. The van der Waals surface area contributed by atoms with Gasteiger partial charge in [0.15, 0.2) is 0 Å². The van der Waals surface area contributed by atoms with Crippen molar-refractivity contribution in [3.63, 3.8) is 0 Å². The second-order valence-electron chi connectivity index (χ2n) is 7.80. The molecule has 4 rings (SSSR count). The van der Waals surface area contributed by atoms with Crippen LogP contribution in [-0.2, 0) is 0 Å². The van der Waals surface area contributed by atoms with Crippen LogP contribution in [0.15, 0.2) is 72.8 Å². The Bertz CT molecular complexity index is 1030. The van der Waals surface area contributed by atoms with Gasteiger partial charge in [0.05, 0.1) is 11.7 Å². The SMILES string of the molecule is Cc1ccc(C(c2ccccc2)N2CCN(C(=O)Nc3ccc(F)cc3F)CC2)cc1. The first kappa shape index (κ1) is 21.0. The van der Waals surface area contributed by atoms with Crippen LogP contribution in [0.2, 0.25) is 0 Å². The minimum absolute atomic E-state index is 0.0179. The van der Waals surface area contributed by atoms with E-state index in [-0.39, 0.29) is 17.8 Å².